The van der Waals surface area contributed by atoms with E-state index in [9.17, 15) is 9.59 Å². The lowest BCUT2D eigenvalue weighted by Crippen LogP contribution is -2.16. The van der Waals surface area contributed by atoms with Crippen LogP contribution in [0.2, 0.25) is 0 Å². The van der Waals surface area contributed by atoms with E-state index in [2.05, 4.69) is 13.8 Å². The molecule has 1 aromatic carbocycles. The van der Waals surface area contributed by atoms with Gasteiger partial charge in [0, 0.05) is 18.8 Å². The Labute approximate surface area is 122 Å². The maximum atomic E-state index is 12.0. The smallest absolute Gasteiger partial charge is 0.137 e. The average Bonchev–Trinajstić information content (AvgIpc) is 2.36. The minimum absolute atomic E-state index is 0.0389. The second-order valence-corrected chi connectivity index (χ2v) is 6.18. The van der Waals surface area contributed by atoms with E-state index in [4.69, 9.17) is 0 Å². The molecule has 20 heavy (non-hydrogen) atoms. The molecule has 2 heteroatoms. The Kier molecular flexibility index (Phi) is 6.63. The number of Topliss-reactive ketones (excluding diaryl/α,β-unsaturated/α-hetero) is 2. The third-order valence-corrected chi connectivity index (χ3v) is 3.62. The highest BCUT2D eigenvalue weighted by atomic mass is 16.1. The normalized spacial score (nSPS) is 12.4. The van der Waals surface area contributed by atoms with Crippen LogP contribution in [0.25, 0.3) is 0 Å². The van der Waals surface area contributed by atoms with Gasteiger partial charge in [0.05, 0.1) is 0 Å². The van der Waals surface area contributed by atoms with Gasteiger partial charge in [0.1, 0.15) is 11.6 Å². The summed E-state index contributed by atoms with van der Waals surface area (Å²) >= 11 is 0. The molecular weight excluding hydrogens is 248 g/mol. The van der Waals surface area contributed by atoms with Crippen LogP contribution in [-0.2, 0) is 16.0 Å². The summed E-state index contributed by atoms with van der Waals surface area (Å²) in [4.78, 5) is 23.6. The van der Waals surface area contributed by atoms with E-state index in [1.54, 1.807) is 6.92 Å². The molecule has 1 atom stereocenters. The molecule has 0 aromatic heterocycles. The number of carbonyl (C=O) groups excluding carboxylic acids is 2. The Morgan fingerprint density at radius 1 is 1.10 bits per heavy atom. The zero-order valence-electron chi connectivity index (χ0n) is 13.1. The van der Waals surface area contributed by atoms with Gasteiger partial charge in [0.2, 0.25) is 0 Å². The van der Waals surface area contributed by atoms with Crippen LogP contribution < -0.4 is 0 Å². The molecule has 1 unspecified atom stereocenters. The highest BCUT2D eigenvalue weighted by Crippen LogP contribution is 2.19. The Morgan fingerprint density at radius 2 is 1.70 bits per heavy atom. The van der Waals surface area contributed by atoms with E-state index < -0.39 is 0 Å². The fourth-order valence-electron chi connectivity index (χ4n) is 2.41. The van der Waals surface area contributed by atoms with Crippen LogP contribution >= 0.6 is 0 Å². The van der Waals surface area contributed by atoms with Crippen molar-refractivity contribution in [3.8, 4) is 0 Å². The summed E-state index contributed by atoms with van der Waals surface area (Å²) < 4.78 is 0. The van der Waals surface area contributed by atoms with Crippen LogP contribution in [-0.4, -0.2) is 11.6 Å². The van der Waals surface area contributed by atoms with Crippen molar-refractivity contribution in [3.63, 3.8) is 0 Å². The van der Waals surface area contributed by atoms with Crippen LogP contribution in [0.5, 0.6) is 0 Å². The lowest BCUT2D eigenvalue weighted by molar-refractivity contribution is -0.122. The van der Waals surface area contributed by atoms with Gasteiger partial charge >= 0.3 is 0 Å². The molecule has 2 nitrogen and oxygen atoms in total. The minimum atomic E-state index is 0.0389. The summed E-state index contributed by atoms with van der Waals surface area (Å²) in [7, 11) is 0. The van der Waals surface area contributed by atoms with Gasteiger partial charge in [-0.1, -0.05) is 43.7 Å². The molecular formula is C18H26O2. The highest BCUT2D eigenvalue weighted by Gasteiger charge is 2.17. The number of rotatable bonds is 8. The van der Waals surface area contributed by atoms with Crippen molar-refractivity contribution in [2.75, 3.05) is 0 Å². The van der Waals surface area contributed by atoms with Crippen molar-refractivity contribution in [1.29, 1.82) is 0 Å². The number of hydrogen-bond acceptors (Lipinski definition) is 2. The number of hydrogen-bond donors (Lipinski definition) is 0. The van der Waals surface area contributed by atoms with Gasteiger partial charge in [-0.25, -0.2) is 0 Å². The number of carbonyl (C=O) groups is 2. The highest BCUT2D eigenvalue weighted by molar-refractivity contribution is 5.82. The van der Waals surface area contributed by atoms with E-state index >= 15 is 0 Å². The Bertz CT molecular complexity index is 443. The predicted octanol–water partition coefficient (Wildman–Crippen LogP) is 4.14. The van der Waals surface area contributed by atoms with E-state index in [0.29, 0.717) is 25.2 Å². The van der Waals surface area contributed by atoms with Gasteiger partial charge < -0.3 is 0 Å². The largest absolute Gasteiger partial charge is 0.300 e. The Balaban J connectivity index is 2.45. The Morgan fingerprint density at radius 3 is 2.20 bits per heavy atom. The summed E-state index contributed by atoms with van der Waals surface area (Å²) in [5, 5.41) is 0. The van der Waals surface area contributed by atoms with Crippen LogP contribution in [0.4, 0.5) is 0 Å². The molecule has 0 radical (unpaired) electrons. The molecule has 0 saturated carbocycles. The standard InChI is InChI=1S/C18H26O2/c1-13(2)11-17(15(4)19)9-10-18(20)12-16-7-5-14(3)6-8-16/h5-8,13,17H,9-12H2,1-4H3. The molecule has 0 fully saturated rings. The number of benzene rings is 1. The second kappa shape index (κ2) is 7.98. The van der Waals surface area contributed by atoms with E-state index in [0.717, 1.165) is 12.0 Å². The summed E-state index contributed by atoms with van der Waals surface area (Å²) in [6.07, 6.45) is 2.56. The molecule has 0 bridgehead atoms. The zero-order valence-corrected chi connectivity index (χ0v) is 13.1. The van der Waals surface area contributed by atoms with Crippen molar-refractivity contribution in [2.24, 2.45) is 11.8 Å². The van der Waals surface area contributed by atoms with Crippen molar-refractivity contribution < 1.29 is 9.59 Å². The third kappa shape index (κ3) is 6.14. The average molecular weight is 274 g/mol. The summed E-state index contributed by atoms with van der Waals surface area (Å²) in [6, 6.07) is 8.06. The maximum Gasteiger partial charge on any atom is 0.137 e. The van der Waals surface area contributed by atoms with Gasteiger partial charge in [-0.3, -0.25) is 9.59 Å². The molecule has 0 N–H and O–H groups in total. The molecule has 110 valence electrons. The summed E-state index contributed by atoms with van der Waals surface area (Å²) in [6.45, 7) is 7.90. The molecule has 0 aliphatic heterocycles. The fraction of sp³-hybridized carbons (Fsp3) is 0.556. The van der Waals surface area contributed by atoms with Crippen LogP contribution in [0, 0.1) is 18.8 Å². The predicted molar refractivity (Wildman–Crippen MR) is 82.8 cm³/mol. The molecule has 0 saturated heterocycles. The molecule has 1 aromatic rings. The van der Waals surface area contributed by atoms with Gasteiger partial charge in [-0.2, -0.15) is 0 Å². The van der Waals surface area contributed by atoms with Crippen LogP contribution in [0.15, 0.2) is 24.3 Å². The maximum absolute atomic E-state index is 12.0. The first-order valence-corrected chi connectivity index (χ1v) is 7.46. The summed E-state index contributed by atoms with van der Waals surface area (Å²) in [5.41, 5.74) is 2.26. The van der Waals surface area contributed by atoms with Crippen LogP contribution in [0.3, 0.4) is 0 Å². The number of aryl methyl sites for hydroxylation is 1. The lowest BCUT2D eigenvalue weighted by atomic mass is 9.88. The fourth-order valence-corrected chi connectivity index (χ4v) is 2.41. The second-order valence-electron chi connectivity index (χ2n) is 6.18. The molecule has 0 aliphatic carbocycles. The SMILES string of the molecule is CC(=O)C(CCC(=O)Cc1ccc(C)cc1)CC(C)C. The van der Waals surface area contributed by atoms with Crippen molar-refractivity contribution in [1.82, 2.24) is 0 Å². The van der Waals surface area contributed by atoms with Crippen molar-refractivity contribution in [3.05, 3.63) is 35.4 Å². The number of ketones is 2. The van der Waals surface area contributed by atoms with Gasteiger partial charge in [-0.15, -0.1) is 0 Å². The van der Waals surface area contributed by atoms with Gasteiger partial charge in [0.25, 0.3) is 0 Å². The van der Waals surface area contributed by atoms with Crippen LogP contribution in [0.1, 0.15) is 51.2 Å². The third-order valence-electron chi connectivity index (χ3n) is 3.62. The van der Waals surface area contributed by atoms with Gasteiger partial charge in [0.15, 0.2) is 0 Å². The Hall–Kier alpha value is -1.44. The van der Waals surface area contributed by atoms with Crippen molar-refractivity contribution in [2.45, 2.75) is 53.4 Å². The quantitative estimate of drug-likeness (QED) is 0.714. The first-order valence-electron chi connectivity index (χ1n) is 7.46. The monoisotopic (exact) mass is 274 g/mol. The lowest BCUT2D eigenvalue weighted by Gasteiger charge is -2.15. The molecule has 0 aliphatic rings. The molecule has 0 heterocycles. The minimum Gasteiger partial charge on any atom is -0.300 e. The zero-order chi connectivity index (χ0) is 15.1. The van der Waals surface area contributed by atoms with E-state index in [1.807, 2.05) is 31.2 Å². The summed E-state index contributed by atoms with van der Waals surface area (Å²) in [5.74, 6) is 0.971. The topological polar surface area (TPSA) is 34.1 Å². The van der Waals surface area contributed by atoms with E-state index in [-0.39, 0.29) is 17.5 Å². The molecule has 0 amide bonds. The van der Waals surface area contributed by atoms with Crippen molar-refractivity contribution >= 4 is 11.6 Å². The van der Waals surface area contributed by atoms with E-state index in [1.165, 1.54) is 5.56 Å². The molecule has 0 spiro atoms. The first kappa shape index (κ1) is 16.6. The van der Waals surface area contributed by atoms with Gasteiger partial charge in [-0.05, 0) is 38.2 Å². The first-order chi connectivity index (χ1) is 9.38. The molecule has 1 rings (SSSR count).